The van der Waals surface area contributed by atoms with Crippen LogP contribution in [0.1, 0.15) is 29.8 Å². The van der Waals surface area contributed by atoms with Gasteiger partial charge in [-0.1, -0.05) is 38.1 Å². The lowest BCUT2D eigenvalue weighted by Gasteiger charge is -2.12. The van der Waals surface area contributed by atoms with Gasteiger partial charge in [0.1, 0.15) is 5.75 Å². The van der Waals surface area contributed by atoms with Gasteiger partial charge in [0.2, 0.25) is 0 Å². The molecule has 0 bridgehead atoms. The fourth-order valence-corrected chi connectivity index (χ4v) is 2.37. The highest BCUT2D eigenvalue weighted by atomic mass is 16.5. The van der Waals surface area contributed by atoms with Gasteiger partial charge >= 0.3 is 11.8 Å². The number of anilines is 1. The molecular weight excluding hydrogens is 358 g/mol. The van der Waals surface area contributed by atoms with E-state index in [1.165, 1.54) is 0 Å². The van der Waals surface area contributed by atoms with E-state index in [4.69, 9.17) is 4.74 Å². The Morgan fingerprint density at radius 3 is 2.25 bits per heavy atom. The summed E-state index contributed by atoms with van der Waals surface area (Å²) >= 11 is 0. The van der Waals surface area contributed by atoms with Gasteiger partial charge in [-0.3, -0.25) is 14.4 Å². The van der Waals surface area contributed by atoms with Crippen molar-refractivity contribution in [3.63, 3.8) is 0 Å². The van der Waals surface area contributed by atoms with E-state index in [1.54, 1.807) is 31.4 Å². The van der Waals surface area contributed by atoms with Crippen molar-refractivity contribution in [2.45, 2.75) is 20.4 Å². The van der Waals surface area contributed by atoms with Crippen molar-refractivity contribution in [3.8, 4) is 5.75 Å². The maximum Gasteiger partial charge on any atom is 0.313 e. The molecule has 2 aromatic carbocycles. The molecule has 2 aromatic rings. The van der Waals surface area contributed by atoms with Crippen molar-refractivity contribution >= 4 is 23.4 Å². The molecule has 0 radical (unpaired) electrons. The lowest BCUT2D eigenvalue weighted by atomic mass is 10.1. The summed E-state index contributed by atoms with van der Waals surface area (Å²) in [6.45, 7) is 4.58. The minimum Gasteiger partial charge on any atom is -0.497 e. The van der Waals surface area contributed by atoms with E-state index in [2.05, 4.69) is 16.0 Å². The second-order valence-corrected chi connectivity index (χ2v) is 6.63. The first-order valence-electron chi connectivity index (χ1n) is 9.00. The number of carbonyl (C=O) groups excluding carboxylic acids is 3. The Balaban J connectivity index is 2.00. The van der Waals surface area contributed by atoms with Gasteiger partial charge in [-0.15, -0.1) is 0 Å². The van der Waals surface area contributed by atoms with Gasteiger partial charge in [0, 0.05) is 13.1 Å². The average molecular weight is 383 g/mol. The van der Waals surface area contributed by atoms with Gasteiger partial charge in [-0.05, 0) is 35.7 Å². The quantitative estimate of drug-likeness (QED) is 0.640. The minimum atomic E-state index is -0.809. The number of methoxy groups -OCH3 is 1. The second-order valence-electron chi connectivity index (χ2n) is 6.63. The topological polar surface area (TPSA) is 96.5 Å². The van der Waals surface area contributed by atoms with E-state index in [0.717, 1.165) is 11.3 Å². The standard InChI is InChI=1S/C21H25N3O4/c1-14(2)12-22-20(26)21(27)24-18-7-5-4-6-17(18)19(25)23-13-15-8-10-16(28-3)11-9-15/h4-11,14H,12-13H2,1-3H3,(H,22,26)(H,23,25)(H,24,27). The average Bonchev–Trinajstić information content (AvgIpc) is 2.70. The molecule has 3 amide bonds. The maximum absolute atomic E-state index is 12.5. The zero-order valence-electron chi connectivity index (χ0n) is 16.2. The van der Waals surface area contributed by atoms with E-state index < -0.39 is 11.8 Å². The molecule has 148 valence electrons. The fraction of sp³-hybridized carbons (Fsp3) is 0.286. The number of para-hydroxylation sites is 1. The summed E-state index contributed by atoms with van der Waals surface area (Å²) < 4.78 is 5.11. The number of nitrogens with one attached hydrogen (secondary N) is 3. The fourth-order valence-electron chi connectivity index (χ4n) is 2.37. The molecule has 0 spiro atoms. The van der Waals surface area contributed by atoms with Crippen LogP contribution >= 0.6 is 0 Å². The molecular formula is C21H25N3O4. The Bertz CT molecular complexity index is 832. The van der Waals surface area contributed by atoms with Gasteiger partial charge in [-0.25, -0.2) is 0 Å². The largest absolute Gasteiger partial charge is 0.497 e. The third-order valence-corrected chi connectivity index (χ3v) is 3.91. The van der Waals surface area contributed by atoms with Crippen LogP contribution in [0.15, 0.2) is 48.5 Å². The van der Waals surface area contributed by atoms with Crippen LogP contribution < -0.4 is 20.7 Å². The molecule has 0 aliphatic carbocycles. The summed E-state index contributed by atoms with van der Waals surface area (Å²) in [5, 5.41) is 7.85. The summed E-state index contributed by atoms with van der Waals surface area (Å²) in [5.41, 5.74) is 1.46. The van der Waals surface area contributed by atoms with E-state index in [9.17, 15) is 14.4 Å². The van der Waals surface area contributed by atoms with Crippen molar-refractivity contribution in [2.24, 2.45) is 5.92 Å². The molecule has 0 aromatic heterocycles. The minimum absolute atomic E-state index is 0.229. The van der Waals surface area contributed by atoms with Crippen LogP contribution in [0, 0.1) is 5.92 Å². The van der Waals surface area contributed by atoms with Gasteiger partial charge in [-0.2, -0.15) is 0 Å². The molecule has 0 fully saturated rings. The number of amides is 3. The van der Waals surface area contributed by atoms with Crippen molar-refractivity contribution in [1.29, 1.82) is 0 Å². The lowest BCUT2D eigenvalue weighted by Crippen LogP contribution is -2.37. The first kappa shape index (κ1) is 21.0. The third-order valence-electron chi connectivity index (χ3n) is 3.91. The van der Waals surface area contributed by atoms with Gasteiger partial charge < -0.3 is 20.7 Å². The van der Waals surface area contributed by atoms with Crippen LogP contribution in [0.3, 0.4) is 0 Å². The van der Waals surface area contributed by atoms with Crippen LogP contribution in [0.25, 0.3) is 0 Å². The number of ether oxygens (including phenoxy) is 1. The van der Waals surface area contributed by atoms with E-state index in [-0.39, 0.29) is 23.1 Å². The van der Waals surface area contributed by atoms with Crippen LogP contribution in [-0.4, -0.2) is 31.4 Å². The Morgan fingerprint density at radius 2 is 1.61 bits per heavy atom. The number of hydrogen-bond donors (Lipinski definition) is 3. The summed E-state index contributed by atoms with van der Waals surface area (Å²) in [6.07, 6.45) is 0. The summed E-state index contributed by atoms with van der Waals surface area (Å²) in [5.74, 6) is -0.931. The molecule has 0 saturated carbocycles. The molecule has 7 nitrogen and oxygen atoms in total. The van der Waals surface area contributed by atoms with E-state index >= 15 is 0 Å². The molecule has 0 atom stereocenters. The van der Waals surface area contributed by atoms with Crippen molar-refractivity contribution in [3.05, 3.63) is 59.7 Å². The predicted octanol–water partition coefficient (Wildman–Crippen LogP) is 2.34. The molecule has 0 aliphatic heterocycles. The first-order valence-corrected chi connectivity index (χ1v) is 9.00. The SMILES string of the molecule is COc1ccc(CNC(=O)c2ccccc2NC(=O)C(=O)NCC(C)C)cc1. The van der Waals surface area contributed by atoms with Crippen molar-refractivity contribution in [1.82, 2.24) is 10.6 Å². The molecule has 0 unspecified atom stereocenters. The Morgan fingerprint density at radius 1 is 0.929 bits per heavy atom. The first-order chi connectivity index (χ1) is 13.4. The van der Waals surface area contributed by atoms with Crippen LogP contribution in [0.2, 0.25) is 0 Å². The monoisotopic (exact) mass is 383 g/mol. The predicted molar refractivity (Wildman–Crippen MR) is 107 cm³/mol. The maximum atomic E-state index is 12.5. The Kier molecular flexibility index (Phi) is 7.56. The van der Waals surface area contributed by atoms with Gasteiger partial charge in [0.15, 0.2) is 0 Å². The third kappa shape index (κ3) is 6.12. The van der Waals surface area contributed by atoms with Crippen LogP contribution in [-0.2, 0) is 16.1 Å². The molecule has 0 saturated heterocycles. The Hall–Kier alpha value is -3.35. The second kappa shape index (κ2) is 10.1. The highest BCUT2D eigenvalue weighted by Gasteiger charge is 2.17. The van der Waals surface area contributed by atoms with Crippen LogP contribution in [0.5, 0.6) is 5.75 Å². The van der Waals surface area contributed by atoms with Crippen molar-refractivity contribution in [2.75, 3.05) is 19.0 Å². The number of benzene rings is 2. The molecule has 0 heterocycles. The number of rotatable bonds is 7. The van der Waals surface area contributed by atoms with Gasteiger partial charge in [0.25, 0.3) is 5.91 Å². The Labute approximate surface area is 164 Å². The summed E-state index contributed by atoms with van der Waals surface area (Å²) in [7, 11) is 1.59. The number of carbonyl (C=O) groups is 3. The normalized spacial score (nSPS) is 10.3. The smallest absolute Gasteiger partial charge is 0.313 e. The zero-order chi connectivity index (χ0) is 20.5. The lowest BCUT2D eigenvalue weighted by molar-refractivity contribution is -0.136. The summed E-state index contributed by atoms with van der Waals surface area (Å²) in [4.78, 5) is 36.5. The molecule has 0 aliphatic rings. The molecule has 28 heavy (non-hydrogen) atoms. The highest BCUT2D eigenvalue weighted by molar-refractivity contribution is 6.40. The van der Waals surface area contributed by atoms with Crippen LogP contribution in [0.4, 0.5) is 5.69 Å². The molecule has 3 N–H and O–H groups in total. The van der Waals surface area contributed by atoms with E-state index in [1.807, 2.05) is 38.1 Å². The number of hydrogen-bond acceptors (Lipinski definition) is 4. The van der Waals surface area contributed by atoms with Crippen molar-refractivity contribution < 1.29 is 19.1 Å². The molecule has 7 heteroatoms. The zero-order valence-corrected chi connectivity index (χ0v) is 16.2. The van der Waals surface area contributed by atoms with Gasteiger partial charge in [0.05, 0.1) is 18.4 Å². The summed E-state index contributed by atoms with van der Waals surface area (Å²) in [6, 6.07) is 13.9. The van der Waals surface area contributed by atoms with E-state index in [0.29, 0.717) is 13.1 Å². The molecule has 2 rings (SSSR count). The highest BCUT2D eigenvalue weighted by Crippen LogP contribution is 2.16.